The summed E-state index contributed by atoms with van der Waals surface area (Å²) in [5.74, 6) is -0.536. The standard InChI is InChI=1S/C11H12Cl2O4/c1-11(2,3)7-8(13)5(12)4-6(9(7)14)17-10(15)16/h4,14H,1-3H3,(H,15,16). The van der Waals surface area contributed by atoms with Gasteiger partial charge in [-0.25, -0.2) is 4.79 Å². The molecule has 0 heterocycles. The van der Waals surface area contributed by atoms with E-state index in [0.29, 0.717) is 5.56 Å². The third-order valence-corrected chi connectivity index (χ3v) is 2.89. The summed E-state index contributed by atoms with van der Waals surface area (Å²) in [5.41, 5.74) is -0.147. The molecule has 1 aromatic rings. The van der Waals surface area contributed by atoms with Crippen LogP contribution in [0.25, 0.3) is 0 Å². The molecule has 1 aromatic carbocycles. The second kappa shape index (κ2) is 4.63. The Morgan fingerprint density at radius 3 is 2.29 bits per heavy atom. The summed E-state index contributed by atoms with van der Waals surface area (Å²) in [5, 5.41) is 18.8. The number of hydrogen-bond acceptors (Lipinski definition) is 3. The molecule has 0 fully saturated rings. The maximum absolute atomic E-state index is 10.5. The summed E-state index contributed by atoms with van der Waals surface area (Å²) in [4.78, 5) is 10.5. The number of carbonyl (C=O) groups is 1. The summed E-state index contributed by atoms with van der Waals surface area (Å²) < 4.78 is 4.44. The highest BCUT2D eigenvalue weighted by Gasteiger charge is 2.27. The number of phenolic OH excluding ortho intramolecular Hbond substituents is 1. The van der Waals surface area contributed by atoms with Gasteiger partial charge in [0.05, 0.1) is 10.0 Å². The fourth-order valence-electron chi connectivity index (χ4n) is 1.45. The quantitative estimate of drug-likeness (QED) is 0.601. The van der Waals surface area contributed by atoms with E-state index < -0.39 is 11.6 Å². The SMILES string of the molecule is CC(C)(C)c1c(O)c(OC(=O)O)cc(Cl)c1Cl. The molecule has 0 aliphatic heterocycles. The molecule has 0 radical (unpaired) electrons. The van der Waals surface area contributed by atoms with Gasteiger partial charge < -0.3 is 14.9 Å². The van der Waals surface area contributed by atoms with Gasteiger partial charge in [-0.15, -0.1) is 0 Å². The summed E-state index contributed by atoms with van der Waals surface area (Å²) >= 11 is 11.9. The van der Waals surface area contributed by atoms with Crippen LogP contribution in [0.5, 0.6) is 11.5 Å². The van der Waals surface area contributed by atoms with Crippen molar-refractivity contribution in [3.8, 4) is 11.5 Å². The first-order valence-electron chi connectivity index (χ1n) is 4.76. The van der Waals surface area contributed by atoms with Crippen molar-refractivity contribution >= 4 is 29.4 Å². The predicted molar refractivity (Wildman–Crippen MR) is 65.5 cm³/mol. The van der Waals surface area contributed by atoms with E-state index in [-0.39, 0.29) is 21.5 Å². The van der Waals surface area contributed by atoms with E-state index >= 15 is 0 Å². The van der Waals surface area contributed by atoms with Crippen LogP contribution < -0.4 is 4.74 Å². The van der Waals surface area contributed by atoms with E-state index in [2.05, 4.69) is 4.74 Å². The first kappa shape index (κ1) is 13.9. The third-order valence-electron chi connectivity index (χ3n) is 2.10. The van der Waals surface area contributed by atoms with Crippen molar-refractivity contribution in [2.75, 3.05) is 0 Å². The minimum absolute atomic E-state index is 0.130. The van der Waals surface area contributed by atoms with E-state index in [1.165, 1.54) is 6.07 Å². The summed E-state index contributed by atoms with van der Waals surface area (Å²) in [6.45, 7) is 5.44. The Morgan fingerprint density at radius 2 is 1.88 bits per heavy atom. The van der Waals surface area contributed by atoms with Crippen molar-refractivity contribution in [3.63, 3.8) is 0 Å². The molecule has 1 rings (SSSR count). The fourth-order valence-corrected chi connectivity index (χ4v) is 2.07. The van der Waals surface area contributed by atoms with Crippen LogP contribution in [0.1, 0.15) is 26.3 Å². The number of aromatic hydroxyl groups is 1. The zero-order chi connectivity index (χ0) is 13.4. The number of phenols is 1. The first-order valence-corrected chi connectivity index (χ1v) is 5.52. The molecule has 0 saturated heterocycles. The smallest absolute Gasteiger partial charge is 0.504 e. The van der Waals surface area contributed by atoms with E-state index in [0.717, 1.165) is 0 Å². The Morgan fingerprint density at radius 1 is 1.35 bits per heavy atom. The Hall–Kier alpha value is -1.13. The van der Waals surface area contributed by atoms with E-state index in [4.69, 9.17) is 28.3 Å². The second-order valence-electron chi connectivity index (χ2n) is 4.51. The molecule has 0 aromatic heterocycles. The molecule has 0 aliphatic carbocycles. The Bertz CT molecular complexity index is 464. The molecule has 0 bridgehead atoms. The highest BCUT2D eigenvalue weighted by atomic mass is 35.5. The third kappa shape index (κ3) is 2.96. The maximum atomic E-state index is 10.5. The molecular formula is C11H12Cl2O4. The number of halogens is 2. The van der Waals surface area contributed by atoms with Crippen LogP contribution in [0.15, 0.2) is 6.07 Å². The number of carboxylic acid groups (broad SMARTS) is 1. The normalized spacial score (nSPS) is 11.4. The Balaban J connectivity index is 3.48. The Kier molecular flexibility index (Phi) is 3.79. The molecule has 0 spiro atoms. The molecule has 4 nitrogen and oxygen atoms in total. The highest BCUT2D eigenvalue weighted by molar-refractivity contribution is 6.42. The minimum atomic E-state index is -1.53. The number of hydrogen-bond donors (Lipinski definition) is 2. The van der Waals surface area contributed by atoms with Gasteiger partial charge in [0.1, 0.15) is 0 Å². The molecule has 0 unspecified atom stereocenters. The monoisotopic (exact) mass is 278 g/mol. The summed E-state index contributed by atoms with van der Waals surface area (Å²) in [6.07, 6.45) is -1.53. The molecule has 17 heavy (non-hydrogen) atoms. The van der Waals surface area contributed by atoms with Crippen molar-refractivity contribution in [3.05, 3.63) is 21.7 Å². The lowest BCUT2D eigenvalue weighted by Gasteiger charge is -2.23. The van der Waals surface area contributed by atoms with Crippen molar-refractivity contribution < 1.29 is 19.7 Å². The number of rotatable bonds is 1. The number of ether oxygens (including phenoxy) is 1. The average molecular weight is 279 g/mol. The van der Waals surface area contributed by atoms with Gasteiger partial charge in [0.25, 0.3) is 0 Å². The summed E-state index contributed by atoms with van der Waals surface area (Å²) in [6, 6.07) is 1.17. The maximum Gasteiger partial charge on any atom is 0.511 e. The molecule has 6 heteroatoms. The molecule has 2 N–H and O–H groups in total. The largest absolute Gasteiger partial charge is 0.511 e. The molecule has 0 aliphatic rings. The van der Waals surface area contributed by atoms with Gasteiger partial charge in [0, 0.05) is 11.6 Å². The first-order chi connectivity index (χ1) is 7.64. The lowest BCUT2D eigenvalue weighted by atomic mass is 9.86. The minimum Gasteiger partial charge on any atom is -0.504 e. The van der Waals surface area contributed by atoms with Crippen molar-refractivity contribution in [1.29, 1.82) is 0 Å². The second-order valence-corrected chi connectivity index (χ2v) is 5.30. The van der Waals surface area contributed by atoms with Gasteiger partial charge in [-0.3, -0.25) is 0 Å². The molecule has 0 atom stereocenters. The lowest BCUT2D eigenvalue weighted by molar-refractivity contribution is 0.142. The van der Waals surface area contributed by atoms with Gasteiger partial charge in [-0.05, 0) is 5.41 Å². The van der Waals surface area contributed by atoms with Crippen LogP contribution in [0.2, 0.25) is 10.0 Å². The topological polar surface area (TPSA) is 66.8 Å². The van der Waals surface area contributed by atoms with E-state index in [1.807, 2.05) is 20.8 Å². The van der Waals surface area contributed by atoms with Gasteiger partial charge >= 0.3 is 6.16 Å². The van der Waals surface area contributed by atoms with Crippen molar-refractivity contribution in [2.24, 2.45) is 0 Å². The van der Waals surface area contributed by atoms with Crippen molar-refractivity contribution in [2.45, 2.75) is 26.2 Å². The fraction of sp³-hybridized carbons (Fsp3) is 0.364. The predicted octanol–water partition coefficient (Wildman–Crippen LogP) is 4.05. The highest BCUT2D eigenvalue weighted by Crippen LogP contribution is 2.45. The lowest BCUT2D eigenvalue weighted by Crippen LogP contribution is -2.14. The molecule has 0 amide bonds. The van der Waals surface area contributed by atoms with Gasteiger partial charge in [-0.2, -0.15) is 0 Å². The van der Waals surface area contributed by atoms with Crippen LogP contribution in [0.4, 0.5) is 4.79 Å². The zero-order valence-corrected chi connectivity index (χ0v) is 11.1. The van der Waals surface area contributed by atoms with Crippen LogP contribution in [-0.4, -0.2) is 16.4 Å². The summed E-state index contributed by atoms with van der Waals surface area (Å²) in [7, 11) is 0. The molecule has 0 saturated carbocycles. The Labute approximate surface area is 109 Å². The van der Waals surface area contributed by atoms with Crippen LogP contribution in [0, 0.1) is 0 Å². The molecular weight excluding hydrogens is 267 g/mol. The number of benzene rings is 1. The van der Waals surface area contributed by atoms with Crippen LogP contribution >= 0.6 is 23.2 Å². The van der Waals surface area contributed by atoms with Gasteiger partial charge in [0.2, 0.25) is 0 Å². The van der Waals surface area contributed by atoms with Crippen molar-refractivity contribution in [1.82, 2.24) is 0 Å². The van der Waals surface area contributed by atoms with E-state index in [9.17, 15) is 9.90 Å². The van der Waals surface area contributed by atoms with Gasteiger partial charge in [0.15, 0.2) is 11.5 Å². The van der Waals surface area contributed by atoms with Crippen LogP contribution in [0.3, 0.4) is 0 Å². The average Bonchev–Trinajstić information content (AvgIpc) is 2.11. The van der Waals surface area contributed by atoms with Crippen LogP contribution in [-0.2, 0) is 5.41 Å². The zero-order valence-electron chi connectivity index (χ0n) is 9.54. The van der Waals surface area contributed by atoms with Gasteiger partial charge in [-0.1, -0.05) is 44.0 Å². The molecule has 94 valence electrons. The van der Waals surface area contributed by atoms with E-state index in [1.54, 1.807) is 0 Å².